The summed E-state index contributed by atoms with van der Waals surface area (Å²) in [7, 11) is 0. The number of rotatable bonds is 2. The Morgan fingerprint density at radius 3 is 1.31 bits per heavy atom. The summed E-state index contributed by atoms with van der Waals surface area (Å²) in [6.45, 7) is 0. The van der Waals surface area contributed by atoms with Crippen molar-refractivity contribution in [2.45, 2.75) is 0 Å². The summed E-state index contributed by atoms with van der Waals surface area (Å²) in [6, 6.07) is 7.29. The van der Waals surface area contributed by atoms with E-state index < -0.39 is 0 Å². The van der Waals surface area contributed by atoms with Gasteiger partial charge in [0.05, 0.1) is 11.4 Å². The van der Waals surface area contributed by atoms with E-state index in [1.165, 1.54) is 0 Å². The Hall–Kier alpha value is -2.36. The topological polar surface area (TPSA) is 77.8 Å². The molecule has 0 saturated carbocycles. The zero-order valence-electron chi connectivity index (χ0n) is 8.67. The van der Waals surface area contributed by atoms with Gasteiger partial charge in [0.2, 0.25) is 0 Å². The third-order valence-electron chi connectivity index (χ3n) is 2.27. The first-order chi connectivity index (χ1) is 7.79. The molecule has 0 radical (unpaired) electrons. The molecular weight excluding hydrogens is 200 g/mol. The molecule has 0 unspecified atom stereocenters. The summed E-state index contributed by atoms with van der Waals surface area (Å²) in [5.74, 6) is 0. The highest BCUT2D eigenvalue weighted by atomic mass is 14.7. The number of aromatic nitrogens is 2. The van der Waals surface area contributed by atoms with Crippen LogP contribution in [0.4, 0.5) is 0 Å². The fourth-order valence-corrected chi connectivity index (χ4v) is 1.37. The van der Waals surface area contributed by atoms with Crippen LogP contribution in [0.5, 0.6) is 0 Å². The summed E-state index contributed by atoms with van der Waals surface area (Å²) in [6.07, 6.45) is 6.73. The Morgan fingerprint density at radius 2 is 1.00 bits per heavy atom. The maximum absolute atomic E-state index is 5.98. The first kappa shape index (κ1) is 10.2. The number of hydrogen-bond acceptors (Lipinski definition) is 4. The number of nitrogens with two attached hydrogens (primary N) is 2. The zero-order valence-corrected chi connectivity index (χ0v) is 8.67. The molecule has 80 valence electrons. The average Bonchev–Trinajstić information content (AvgIpc) is 2.39. The lowest BCUT2D eigenvalue weighted by molar-refractivity contribution is 1.29. The molecule has 0 saturated heterocycles. The molecule has 4 nitrogen and oxygen atoms in total. The fraction of sp³-hybridized carbons (Fsp3) is 0. The standard InChI is InChI=1S/C12H12N4/c13-11(9-1-5-15-6-2-9)12(14)10-3-7-16-8-4-10/h1-8H,13-14H2/b12-11-. The van der Waals surface area contributed by atoms with Gasteiger partial charge in [0.15, 0.2) is 0 Å². The van der Waals surface area contributed by atoms with Crippen LogP contribution in [-0.2, 0) is 0 Å². The molecule has 2 aromatic rings. The van der Waals surface area contributed by atoms with Gasteiger partial charge >= 0.3 is 0 Å². The van der Waals surface area contributed by atoms with Crippen molar-refractivity contribution in [2.24, 2.45) is 11.5 Å². The summed E-state index contributed by atoms with van der Waals surface area (Å²) in [4.78, 5) is 7.86. The lowest BCUT2D eigenvalue weighted by Crippen LogP contribution is -2.07. The molecule has 0 atom stereocenters. The summed E-state index contributed by atoms with van der Waals surface area (Å²) in [5, 5.41) is 0. The second-order valence-corrected chi connectivity index (χ2v) is 3.30. The van der Waals surface area contributed by atoms with Crippen LogP contribution >= 0.6 is 0 Å². The van der Waals surface area contributed by atoms with Crippen LogP contribution in [0.25, 0.3) is 11.4 Å². The monoisotopic (exact) mass is 212 g/mol. The van der Waals surface area contributed by atoms with E-state index in [1.807, 2.05) is 24.3 Å². The molecule has 0 aliphatic rings. The number of pyridine rings is 2. The normalized spacial score (nSPS) is 12.0. The van der Waals surface area contributed by atoms with Crippen molar-refractivity contribution in [2.75, 3.05) is 0 Å². The van der Waals surface area contributed by atoms with Gasteiger partial charge in [-0.25, -0.2) is 0 Å². The molecule has 4 heteroatoms. The molecule has 0 aliphatic carbocycles. The molecule has 0 spiro atoms. The Morgan fingerprint density at radius 1 is 0.688 bits per heavy atom. The SMILES string of the molecule is N/C(=C(\N)c1ccncc1)c1ccncc1. The molecule has 4 N–H and O–H groups in total. The predicted octanol–water partition coefficient (Wildman–Crippen LogP) is 1.22. The minimum atomic E-state index is 0.550. The van der Waals surface area contributed by atoms with Crippen LogP contribution < -0.4 is 11.5 Å². The van der Waals surface area contributed by atoms with Gasteiger partial charge in [-0.2, -0.15) is 0 Å². The maximum atomic E-state index is 5.98. The zero-order chi connectivity index (χ0) is 11.4. The predicted molar refractivity (Wildman–Crippen MR) is 63.7 cm³/mol. The maximum Gasteiger partial charge on any atom is 0.0628 e. The van der Waals surface area contributed by atoms with Crippen LogP contribution in [0.2, 0.25) is 0 Å². The van der Waals surface area contributed by atoms with E-state index in [0.29, 0.717) is 11.4 Å². The minimum Gasteiger partial charge on any atom is -0.397 e. The van der Waals surface area contributed by atoms with E-state index in [2.05, 4.69) is 9.97 Å². The highest BCUT2D eigenvalue weighted by Crippen LogP contribution is 2.16. The Kier molecular flexibility index (Phi) is 2.82. The van der Waals surface area contributed by atoms with Gasteiger partial charge in [0, 0.05) is 35.9 Å². The third kappa shape index (κ3) is 2.00. The third-order valence-corrected chi connectivity index (χ3v) is 2.27. The molecule has 2 rings (SSSR count). The van der Waals surface area contributed by atoms with Gasteiger partial charge in [0.1, 0.15) is 0 Å². The van der Waals surface area contributed by atoms with Crippen LogP contribution in [0, 0.1) is 0 Å². The molecule has 16 heavy (non-hydrogen) atoms. The second-order valence-electron chi connectivity index (χ2n) is 3.30. The second kappa shape index (κ2) is 4.44. The van der Waals surface area contributed by atoms with Crippen LogP contribution in [0.3, 0.4) is 0 Å². The largest absolute Gasteiger partial charge is 0.397 e. The molecular formula is C12H12N4. The lowest BCUT2D eigenvalue weighted by Gasteiger charge is -2.07. The van der Waals surface area contributed by atoms with E-state index in [1.54, 1.807) is 24.8 Å². The van der Waals surface area contributed by atoms with Crippen molar-refractivity contribution in [3.8, 4) is 0 Å². The van der Waals surface area contributed by atoms with Crippen molar-refractivity contribution in [3.63, 3.8) is 0 Å². The van der Waals surface area contributed by atoms with Crippen molar-refractivity contribution in [1.82, 2.24) is 9.97 Å². The van der Waals surface area contributed by atoms with Gasteiger partial charge in [-0.05, 0) is 24.3 Å². The van der Waals surface area contributed by atoms with Crippen LogP contribution in [0.1, 0.15) is 11.1 Å². The highest BCUT2D eigenvalue weighted by molar-refractivity contribution is 5.87. The van der Waals surface area contributed by atoms with E-state index >= 15 is 0 Å². The van der Waals surface area contributed by atoms with Crippen LogP contribution in [-0.4, -0.2) is 9.97 Å². The molecule has 0 amide bonds. The van der Waals surface area contributed by atoms with Crippen molar-refractivity contribution >= 4 is 11.4 Å². The smallest absolute Gasteiger partial charge is 0.0628 e. The molecule has 0 aromatic carbocycles. The molecule has 2 aromatic heterocycles. The van der Waals surface area contributed by atoms with E-state index in [4.69, 9.17) is 11.5 Å². The summed E-state index contributed by atoms with van der Waals surface area (Å²) in [5.41, 5.74) is 14.8. The highest BCUT2D eigenvalue weighted by Gasteiger charge is 2.04. The summed E-state index contributed by atoms with van der Waals surface area (Å²) < 4.78 is 0. The first-order valence-corrected chi connectivity index (χ1v) is 4.85. The fourth-order valence-electron chi connectivity index (χ4n) is 1.37. The van der Waals surface area contributed by atoms with Crippen molar-refractivity contribution < 1.29 is 0 Å². The van der Waals surface area contributed by atoms with Gasteiger partial charge < -0.3 is 11.5 Å². The molecule has 0 fully saturated rings. The number of hydrogen-bond donors (Lipinski definition) is 2. The van der Waals surface area contributed by atoms with Gasteiger partial charge in [-0.1, -0.05) is 0 Å². The van der Waals surface area contributed by atoms with Gasteiger partial charge in [-0.15, -0.1) is 0 Å². The van der Waals surface area contributed by atoms with Crippen LogP contribution in [0.15, 0.2) is 49.1 Å². The average molecular weight is 212 g/mol. The molecule has 0 aliphatic heterocycles. The number of nitrogens with zero attached hydrogens (tertiary/aromatic N) is 2. The van der Waals surface area contributed by atoms with E-state index in [0.717, 1.165) is 11.1 Å². The van der Waals surface area contributed by atoms with Crippen molar-refractivity contribution in [3.05, 3.63) is 60.2 Å². The Bertz CT molecular complexity index is 443. The Balaban J connectivity index is 2.43. The first-order valence-electron chi connectivity index (χ1n) is 4.85. The Labute approximate surface area is 93.6 Å². The molecule has 0 bridgehead atoms. The quantitative estimate of drug-likeness (QED) is 0.784. The lowest BCUT2D eigenvalue weighted by atomic mass is 10.1. The van der Waals surface area contributed by atoms with Gasteiger partial charge in [0.25, 0.3) is 0 Å². The minimum absolute atomic E-state index is 0.550. The van der Waals surface area contributed by atoms with Gasteiger partial charge in [-0.3, -0.25) is 9.97 Å². The van der Waals surface area contributed by atoms with Crippen molar-refractivity contribution in [1.29, 1.82) is 0 Å². The van der Waals surface area contributed by atoms with E-state index in [9.17, 15) is 0 Å². The van der Waals surface area contributed by atoms with E-state index in [-0.39, 0.29) is 0 Å². The summed E-state index contributed by atoms with van der Waals surface area (Å²) >= 11 is 0. The molecule has 2 heterocycles.